The van der Waals surface area contributed by atoms with Gasteiger partial charge in [0.2, 0.25) is 0 Å². The second-order valence-electron chi connectivity index (χ2n) is 7.13. The molecule has 8 heteroatoms. The number of nitrogens with zero attached hydrogens (tertiary/aromatic N) is 5. The summed E-state index contributed by atoms with van der Waals surface area (Å²) in [6.07, 6.45) is 3.53. The molecule has 7 nitrogen and oxygen atoms in total. The van der Waals surface area contributed by atoms with Crippen LogP contribution in [-0.2, 0) is 9.59 Å². The van der Waals surface area contributed by atoms with Crippen molar-refractivity contribution < 1.29 is 9.59 Å². The first kappa shape index (κ1) is 18.7. The number of benzene rings is 1. The molecule has 1 aromatic rings. The van der Waals surface area contributed by atoms with Crippen molar-refractivity contribution in [1.29, 1.82) is 0 Å². The van der Waals surface area contributed by atoms with E-state index in [1.807, 2.05) is 34.9 Å². The Bertz CT molecular complexity index is 915. The van der Waals surface area contributed by atoms with E-state index in [1.165, 1.54) is 0 Å². The van der Waals surface area contributed by atoms with Gasteiger partial charge in [-0.3, -0.25) is 9.59 Å². The Hall–Kier alpha value is -2.67. The summed E-state index contributed by atoms with van der Waals surface area (Å²) in [5.74, 6) is -0.437. The fourth-order valence-corrected chi connectivity index (χ4v) is 3.95. The first-order chi connectivity index (χ1) is 13.5. The lowest BCUT2D eigenvalue weighted by Gasteiger charge is -2.38. The third kappa shape index (κ3) is 3.30. The molecule has 3 aliphatic heterocycles. The van der Waals surface area contributed by atoms with Crippen molar-refractivity contribution in [3.05, 3.63) is 52.3 Å². The Morgan fingerprint density at radius 3 is 2.68 bits per heavy atom. The number of piperazine rings is 1. The maximum Gasteiger partial charge on any atom is 0.295 e. The second-order valence-corrected chi connectivity index (χ2v) is 7.57. The maximum absolute atomic E-state index is 13.2. The molecular weight excluding hydrogens is 378 g/mol. The van der Waals surface area contributed by atoms with Gasteiger partial charge in [-0.25, -0.2) is 0 Å². The first-order valence-corrected chi connectivity index (χ1v) is 9.80. The Kier molecular flexibility index (Phi) is 4.93. The van der Waals surface area contributed by atoms with Crippen LogP contribution in [0.4, 0.5) is 5.69 Å². The fraction of sp³-hybridized carbons (Fsp3) is 0.400. The number of amides is 2. The summed E-state index contributed by atoms with van der Waals surface area (Å²) < 4.78 is 0. The highest BCUT2D eigenvalue weighted by atomic mass is 35.5. The van der Waals surface area contributed by atoms with E-state index in [4.69, 9.17) is 11.6 Å². The number of rotatable bonds is 3. The molecule has 28 heavy (non-hydrogen) atoms. The van der Waals surface area contributed by atoms with Gasteiger partial charge in [0, 0.05) is 55.8 Å². The molecule has 2 amide bonds. The SMILES string of the molecule is CCN1C=C2C(=O)N=NC2C(C(=O)N2CCN(c3cc(Cl)ccc3C)CC2)=C1. The molecule has 1 fully saturated rings. The van der Waals surface area contributed by atoms with Crippen molar-refractivity contribution >= 4 is 29.1 Å². The van der Waals surface area contributed by atoms with Gasteiger partial charge in [-0.2, -0.15) is 5.11 Å². The number of carbonyl (C=O) groups excluding carboxylic acids is 2. The van der Waals surface area contributed by atoms with Gasteiger partial charge in [-0.15, -0.1) is 5.11 Å². The highest BCUT2D eigenvalue weighted by Gasteiger charge is 2.38. The summed E-state index contributed by atoms with van der Waals surface area (Å²) >= 11 is 6.15. The van der Waals surface area contributed by atoms with E-state index in [1.54, 1.807) is 12.4 Å². The lowest BCUT2D eigenvalue weighted by atomic mass is 9.97. The van der Waals surface area contributed by atoms with Crippen molar-refractivity contribution in [3.8, 4) is 0 Å². The average Bonchev–Trinajstić information content (AvgIpc) is 3.09. The molecule has 3 heterocycles. The first-order valence-electron chi connectivity index (χ1n) is 9.42. The third-order valence-electron chi connectivity index (χ3n) is 5.40. The van der Waals surface area contributed by atoms with Gasteiger partial charge in [0.05, 0.1) is 11.1 Å². The fourth-order valence-electron chi connectivity index (χ4n) is 3.78. The molecule has 1 saturated heterocycles. The molecule has 0 bridgehead atoms. The largest absolute Gasteiger partial charge is 0.368 e. The minimum atomic E-state index is -0.573. The minimum absolute atomic E-state index is 0.0785. The Labute approximate surface area is 168 Å². The van der Waals surface area contributed by atoms with E-state index in [2.05, 4.69) is 22.1 Å². The molecule has 0 saturated carbocycles. The van der Waals surface area contributed by atoms with Gasteiger partial charge in [0.1, 0.15) is 6.04 Å². The molecule has 3 aliphatic rings. The summed E-state index contributed by atoms with van der Waals surface area (Å²) in [6, 6.07) is 5.30. The Morgan fingerprint density at radius 2 is 1.96 bits per heavy atom. The zero-order chi connectivity index (χ0) is 19.8. The Balaban J connectivity index is 1.48. The summed E-state index contributed by atoms with van der Waals surface area (Å²) in [6.45, 7) is 7.36. The molecule has 0 aromatic heterocycles. The summed E-state index contributed by atoms with van der Waals surface area (Å²) in [7, 11) is 0. The lowest BCUT2D eigenvalue weighted by molar-refractivity contribution is -0.127. The number of hydrogen-bond acceptors (Lipinski definition) is 5. The van der Waals surface area contributed by atoms with Gasteiger partial charge in [-0.05, 0) is 31.5 Å². The number of halogens is 1. The van der Waals surface area contributed by atoms with Crippen molar-refractivity contribution in [2.24, 2.45) is 10.2 Å². The number of azo groups is 1. The van der Waals surface area contributed by atoms with E-state index in [0.29, 0.717) is 35.8 Å². The number of carbonyl (C=O) groups is 2. The lowest BCUT2D eigenvalue weighted by Crippen LogP contribution is -2.50. The highest BCUT2D eigenvalue weighted by Crippen LogP contribution is 2.31. The second kappa shape index (κ2) is 7.39. The topological polar surface area (TPSA) is 68.6 Å². The van der Waals surface area contributed by atoms with E-state index in [0.717, 1.165) is 24.3 Å². The van der Waals surface area contributed by atoms with Crippen LogP contribution in [-0.4, -0.2) is 60.4 Å². The van der Waals surface area contributed by atoms with Crippen molar-refractivity contribution in [2.75, 3.05) is 37.6 Å². The molecule has 0 N–H and O–H groups in total. The van der Waals surface area contributed by atoms with Crippen LogP contribution in [0.3, 0.4) is 0 Å². The average molecular weight is 400 g/mol. The maximum atomic E-state index is 13.2. The number of anilines is 1. The minimum Gasteiger partial charge on any atom is -0.368 e. The van der Waals surface area contributed by atoms with Crippen LogP contribution in [0.25, 0.3) is 0 Å². The van der Waals surface area contributed by atoms with Crippen LogP contribution in [0.5, 0.6) is 0 Å². The van der Waals surface area contributed by atoms with Crippen LogP contribution < -0.4 is 4.90 Å². The molecule has 1 unspecified atom stereocenters. The predicted octanol–water partition coefficient (Wildman–Crippen LogP) is 2.76. The Morgan fingerprint density at radius 1 is 1.21 bits per heavy atom. The van der Waals surface area contributed by atoms with Crippen molar-refractivity contribution in [2.45, 2.75) is 19.9 Å². The molecule has 1 atom stereocenters. The zero-order valence-corrected chi connectivity index (χ0v) is 16.7. The number of fused-ring (bicyclic) bond motifs is 1. The third-order valence-corrected chi connectivity index (χ3v) is 5.64. The van der Waals surface area contributed by atoms with E-state index in [9.17, 15) is 9.59 Å². The van der Waals surface area contributed by atoms with E-state index in [-0.39, 0.29) is 11.8 Å². The van der Waals surface area contributed by atoms with Crippen molar-refractivity contribution in [3.63, 3.8) is 0 Å². The standard InChI is InChI=1S/C20H22ClN5O2/c1-3-24-11-15-18(22-23-19(15)27)16(12-24)20(28)26-8-6-25(7-9-26)17-10-14(21)5-4-13(17)2/h4-5,10-12,18H,3,6-9H2,1-2H3. The quantitative estimate of drug-likeness (QED) is 0.783. The molecule has 1 aromatic carbocycles. The van der Waals surface area contributed by atoms with Gasteiger partial charge in [-0.1, -0.05) is 17.7 Å². The molecule has 0 spiro atoms. The van der Waals surface area contributed by atoms with Crippen LogP contribution in [0.15, 0.2) is 52.0 Å². The zero-order valence-electron chi connectivity index (χ0n) is 15.9. The number of hydrogen-bond donors (Lipinski definition) is 0. The molecular formula is C20H22ClN5O2. The molecule has 146 valence electrons. The van der Waals surface area contributed by atoms with Gasteiger partial charge >= 0.3 is 0 Å². The van der Waals surface area contributed by atoms with Gasteiger partial charge < -0.3 is 14.7 Å². The van der Waals surface area contributed by atoms with Gasteiger partial charge in [0.25, 0.3) is 11.8 Å². The van der Waals surface area contributed by atoms with Crippen LogP contribution in [0.2, 0.25) is 5.02 Å². The molecule has 4 rings (SSSR count). The van der Waals surface area contributed by atoms with E-state index < -0.39 is 6.04 Å². The van der Waals surface area contributed by atoms with Crippen LogP contribution >= 0.6 is 11.6 Å². The van der Waals surface area contributed by atoms with Crippen LogP contribution in [0.1, 0.15) is 12.5 Å². The number of aryl methyl sites for hydroxylation is 1. The molecule has 0 radical (unpaired) electrons. The molecule has 0 aliphatic carbocycles. The summed E-state index contributed by atoms with van der Waals surface area (Å²) in [5.41, 5.74) is 3.26. The normalized spacial score (nSPS) is 21.6. The van der Waals surface area contributed by atoms with Crippen LogP contribution in [0, 0.1) is 6.92 Å². The highest BCUT2D eigenvalue weighted by molar-refractivity contribution is 6.30. The smallest absolute Gasteiger partial charge is 0.295 e. The van der Waals surface area contributed by atoms with E-state index >= 15 is 0 Å². The predicted molar refractivity (Wildman–Crippen MR) is 107 cm³/mol. The van der Waals surface area contributed by atoms with Crippen molar-refractivity contribution in [1.82, 2.24) is 9.80 Å². The van der Waals surface area contributed by atoms with Gasteiger partial charge in [0.15, 0.2) is 0 Å². The summed E-state index contributed by atoms with van der Waals surface area (Å²) in [4.78, 5) is 31.1. The summed E-state index contributed by atoms with van der Waals surface area (Å²) in [5, 5.41) is 8.39. The monoisotopic (exact) mass is 399 g/mol.